The number of anilines is 1. The lowest BCUT2D eigenvalue weighted by Crippen LogP contribution is -2.16. The van der Waals surface area contributed by atoms with Crippen LogP contribution in [0.15, 0.2) is 51.8 Å². The molecule has 3 aromatic heterocycles. The fourth-order valence-corrected chi connectivity index (χ4v) is 3.05. The van der Waals surface area contributed by atoms with E-state index in [1.807, 2.05) is 0 Å². The zero-order valence-corrected chi connectivity index (χ0v) is 17.1. The summed E-state index contributed by atoms with van der Waals surface area (Å²) in [5, 5.41) is 9.74. The second-order valence-corrected chi connectivity index (χ2v) is 6.98. The molecule has 0 aliphatic rings. The van der Waals surface area contributed by atoms with Crippen molar-refractivity contribution in [3.63, 3.8) is 0 Å². The number of halogens is 5. The van der Waals surface area contributed by atoms with Crippen molar-refractivity contribution in [1.82, 2.24) is 24.5 Å². The second-order valence-electron chi connectivity index (χ2n) is 6.58. The molecule has 4 rings (SSSR count). The lowest BCUT2D eigenvalue weighted by Gasteiger charge is -2.11. The average Bonchev–Trinajstić information content (AvgIpc) is 3.32. The summed E-state index contributed by atoms with van der Waals surface area (Å²) in [6.07, 6.45) is -3.76. The highest BCUT2D eigenvalue weighted by molar-refractivity contribution is 6.34. The molecule has 0 radical (unpaired) electrons. The lowest BCUT2D eigenvalue weighted by atomic mass is 10.2. The number of rotatable bonds is 4. The number of hydrogen-bond donors (Lipinski definition) is 1. The first-order valence-corrected chi connectivity index (χ1v) is 9.36. The molecule has 0 saturated heterocycles. The van der Waals surface area contributed by atoms with E-state index in [4.69, 9.17) is 16.0 Å². The number of amides is 1. The van der Waals surface area contributed by atoms with Gasteiger partial charge in [-0.15, -0.1) is 5.10 Å². The lowest BCUT2D eigenvalue weighted by molar-refractivity contribution is -0.142. The van der Waals surface area contributed by atoms with E-state index in [0.717, 1.165) is 23.0 Å². The largest absolute Gasteiger partial charge is 0.437 e. The van der Waals surface area contributed by atoms with E-state index in [0.29, 0.717) is 10.7 Å². The molecule has 1 aromatic carbocycles. The van der Waals surface area contributed by atoms with Crippen molar-refractivity contribution in [2.75, 3.05) is 5.32 Å². The molecule has 33 heavy (non-hydrogen) atoms. The van der Waals surface area contributed by atoms with Gasteiger partial charge in [0.25, 0.3) is 11.8 Å². The van der Waals surface area contributed by atoms with Crippen molar-refractivity contribution in [2.45, 2.75) is 6.18 Å². The Balaban J connectivity index is 1.66. The monoisotopic (exact) mass is 482 g/mol. The van der Waals surface area contributed by atoms with Gasteiger partial charge in [-0.1, -0.05) is 17.7 Å². The third-order valence-corrected chi connectivity index (χ3v) is 4.64. The Morgan fingerprint density at radius 2 is 1.94 bits per heavy atom. The number of hydrogen-bond acceptors (Lipinski definition) is 6. The topological polar surface area (TPSA) is 108 Å². The van der Waals surface area contributed by atoms with Crippen molar-refractivity contribution in [1.29, 1.82) is 0 Å². The smallest absolute Gasteiger partial charge is 0.386 e. The van der Waals surface area contributed by atoms with Gasteiger partial charge in [-0.2, -0.15) is 23.0 Å². The van der Waals surface area contributed by atoms with Crippen molar-refractivity contribution in [3.8, 4) is 17.4 Å². The van der Waals surface area contributed by atoms with Gasteiger partial charge in [0.05, 0.1) is 22.5 Å². The Bertz CT molecular complexity index is 1390. The van der Waals surface area contributed by atoms with Gasteiger partial charge in [-0.05, 0) is 24.3 Å². The van der Waals surface area contributed by atoms with Crippen LogP contribution < -0.4 is 11.1 Å². The first-order chi connectivity index (χ1) is 15.5. The summed E-state index contributed by atoms with van der Waals surface area (Å²) < 4.78 is 60.6. The van der Waals surface area contributed by atoms with Crippen LogP contribution in [0.25, 0.3) is 17.4 Å². The fraction of sp³-hybridized carbons (Fsp3) is 0.105. The van der Waals surface area contributed by atoms with Crippen LogP contribution in [-0.2, 0) is 13.2 Å². The third-order valence-electron chi connectivity index (χ3n) is 4.32. The fourth-order valence-electron chi connectivity index (χ4n) is 2.81. The Labute approximate surface area is 186 Å². The summed E-state index contributed by atoms with van der Waals surface area (Å²) in [6, 6.07) is 6.77. The molecular formula is C19H11ClF4N6O3. The number of pyridine rings is 1. The predicted molar refractivity (Wildman–Crippen MR) is 106 cm³/mol. The van der Waals surface area contributed by atoms with Gasteiger partial charge >= 0.3 is 11.9 Å². The molecule has 0 saturated carbocycles. The number of carbonyl (C=O) groups excluding carboxylic acids is 1. The normalized spacial score (nSPS) is 11.6. The van der Waals surface area contributed by atoms with Gasteiger partial charge in [-0.3, -0.25) is 4.79 Å². The van der Waals surface area contributed by atoms with E-state index in [1.54, 1.807) is 0 Å². The molecule has 14 heteroatoms. The Morgan fingerprint density at radius 1 is 1.18 bits per heavy atom. The standard InChI is InChI=1S/C19H11ClF4N6O3/c1-29-18(32)33-17(28-29)12-7-13(19(22,23)24)30(27-12)14-6-5-9(8-25-14)26-16(31)15-10(20)3-2-4-11(15)21/h2-8H,1H3,(H,26,31). The van der Waals surface area contributed by atoms with Crippen LogP contribution in [0.4, 0.5) is 23.2 Å². The SMILES string of the molecule is Cn1nc(-c2cc(C(F)(F)F)n(-c3ccc(NC(=O)c4c(F)cccc4Cl)cn3)n2)oc1=O. The van der Waals surface area contributed by atoms with Crippen LogP contribution in [0, 0.1) is 5.82 Å². The molecule has 0 fully saturated rings. The maximum absolute atomic E-state index is 13.9. The molecule has 1 N–H and O–H groups in total. The van der Waals surface area contributed by atoms with Gasteiger partial charge < -0.3 is 9.73 Å². The highest BCUT2D eigenvalue weighted by Gasteiger charge is 2.37. The van der Waals surface area contributed by atoms with E-state index in [1.165, 1.54) is 25.2 Å². The van der Waals surface area contributed by atoms with E-state index in [-0.39, 0.29) is 22.2 Å². The van der Waals surface area contributed by atoms with Crippen molar-refractivity contribution < 1.29 is 26.8 Å². The maximum atomic E-state index is 13.9. The molecule has 9 nitrogen and oxygen atoms in total. The summed E-state index contributed by atoms with van der Waals surface area (Å²) in [6.45, 7) is 0. The summed E-state index contributed by atoms with van der Waals surface area (Å²) in [4.78, 5) is 27.6. The minimum atomic E-state index is -4.82. The molecule has 4 aromatic rings. The highest BCUT2D eigenvalue weighted by atomic mass is 35.5. The van der Waals surface area contributed by atoms with Crippen molar-refractivity contribution >= 4 is 23.2 Å². The van der Waals surface area contributed by atoms with Crippen LogP contribution >= 0.6 is 11.6 Å². The number of aromatic nitrogens is 5. The molecular weight excluding hydrogens is 472 g/mol. The Kier molecular flexibility index (Phi) is 5.49. The molecule has 0 atom stereocenters. The summed E-state index contributed by atoms with van der Waals surface area (Å²) in [5.41, 5.74) is -1.86. The van der Waals surface area contributed by atoms with Crippen LogP contribution in [-0.4, -0.2) is 30.5 Å². The Hall–Kier alpha value is -4.00. The molecule has 0 unspecified atom stereocenters. The van der Waals surface area contributed by atoms with Gasteiger partial charge in [0.1, 0.15) is 5.82 Å². The van der Waals surface area contributed by atoms with Crippen LogP contribution in [0.2, 0.25) is 5.02 Å². The predicted octanol–water partition coefficient (Wildman–Crippen LogP) is 3.68. The minimum absolute atomic E-state index is 0.0692. The summed E-state index contributed by atoms with van der Waals surface area (Å²) in [5.74, 6) is -3.24. The molecule has 0 bridgehead atoms. The molecule has 170 valence electrons. The molecule has 0 spiro atoms. The van der Waals surface area contributed by atoms with Crippen molar-refractivity contribution in [3.05, 3.63) is 75.2 Å². The maximum Gasteiger partial charge on any atom is 0.437 e. The van der Waals surface area contributed by atoms with E-state index >= 15 is 0 Å². The number of aryl methyl sites for hydroxylation is 1. The Morgan fingerprint density at radius 3 is 2.52 bits per heavy atom. The van der Waals surface area contributed by atoms with Crippen molar-refractivity contribution in [2.24, 2.45) is 7.05 Å². The minimum Gasteiger partial charge on any atom is -0.386 e. The van der Waals surface area contributed by atoms with Gasteiger partial charge in [-0.25, -0.2) is 18.9 Å². The second kappa shape index (κ2) is 8.16. The van der Waals surface area contributed by atoms with Crippen LogP contribution in [0.3, 0.4) is 0 Å². The van der Waals surface area contributed by atoms with Crippen LogP contribution in [0.1, 0.15) is 16.1 Å². The van der Waals surface area contributed by atoms with Crippen LogP contribution in [0.5, 0.6) is 0 Å². The molecule has 0 aliphatic carbocycles. The van der Waals surface area contributed by atoms with E-state index < -0.39 is 40.8 Å². The highest BCUT2D eigenvalue weighted by Crippen LogP contribution is 2.33. The summed E-state index contributed by atoms with van der Waals surface area (Å²) >= 11 is 5.85. The number of nitrogens with zero attached hydrogens (tertiary/aromatic N) is 5. The number of alkyl halides is 3. The third kappa shape index (κ3) is 4.35. The quantitative estimate of drug-likeness (QED) is 0.445. The first kappa shape index (κ1) is 22.2. The van der Waals surface area contributed by atoms with E-state index in [2.05, 4.69) is 20.5 Å². The average molecular weight is 483 g/mol. The van der Waals surface area contributed by atoms with Gasteiger partial charge in [0, 0.05) is 13.1 Å². The zero-order valence-electron chi connectivity index (χ0n) is 16.4. The molecule has 1 amide bonds. The molecule has 0 aliphatic heterocycles. The molecule has 3 heterocycles. The first-order valence-electron chi connectivity index (χ1n) is 8.98. The zero-order chi connectivity index (χ0) is 23.9. The number of benzene rings is 1. The van der Waals surface area contributed by atoms with Gasteiger partial charge in [0.15, 0.2) is 17.2 Å². The summed E-state index contributed by atoms with van der Waals surface area (Å²) in [7, 11) is 1.26. The van der Waals surface area contributed by atoms with E-state index in [9.17, 15) is 27.2 Å². The number of carbonyl (C=O) groups is 1. The number of nitrogens with one attached hydrogen (secondary N) is 1. The van der Waals surface area contributed by atoms with Gasteiger partial charge in [0.2, 0.25) is 0 Å².